The Hall–Kier alpha value is -2.00. The molecule has 4 aliphatic heterocycles. The zero-order valence-electron chi connectivity index (χ0n) is 39.7. The van der Waals surface area contributed by atoms with Crippen LogP contribution in [0.5, 0.6) is 0 Å². The third kappa shape index (κ3) is 8.89. The number of rotatable bonds is 11. The molecule has 21 heteroatoms. The van der Waals surface area contributed by atoms with E-state index >= 15 is 0 Å². The van der Waals surface area contributed by atoms with Gasteiger partial charge in [-0.1, -0.05) is 52.7 Å². The Balaban J connectivity index is 1.14. The SMILES string of the molecule is CC(C)[C@H]1CCC2=C3CC[C@H]4C(C)(C)[C@@H](O[C@@H]5O[C@H](C(=O)O)[C@H](O)[C@H](O[C@@H]6OC[C@H](O)[C@H](O)[C@H]6O)[C@H]5O[C@@H]5O[C@H](C(=O)O)[C@H](O)[C@H](O)[C@H]5O[C@@H]5O[C@@H](C)[C@@H](O)[C@@H](O)[C@@H]5O)CC[C@]4(C)[C@H]3CC[C@@]21C. The number of carbonyl (C=O) groups is 2. The fourth-order valence-electron chi connectivity index (χ4n) is 14.1. The van der Waals surface area contributed by atoms with Crippen LogP contribution in [0.1, 0.15) is 99.8 Å². The molecule has 0 bridgehead atoms. The summed E-state index contributed by atoms with van der Waals surface area (Å²) in [5.74, 6) is -1.72. The minimum Gasteiger partial charge on any atom is -0.479 e. The van der Waals surface area contributed by atoms with Gasteiger partial charge in [0, 0.05) is 0 Å². The third-order valence-electron chi connectivity index (χ3n) is 17.7. The summed E-state index contributed by atoms with van der Waals surface area (Å²) in [4.78, 5) is 25.3. The third-order valence-corrected chi connectivity index (χ3v) is 17.7. The number of allylic oxidation sites excluding steroid dienone is 2. The number of hydrogen-bond acceptors (Lipinski definition) is 19. The van der Waals surface area contributed by atoms with E-state index in [0.717, 1.165) is 38.5 Å². The van der Waals surface area contributed by atoms with E-state index in [4.69, 9.17) is 37.9 Å². The molecule has 4 heterocycles. The first-order valence-electron chi connectivity index (χ1n) is 24.3. The van der Waals surface area contributed by atoms with E-state index in [9.17, 15) is 65.8 Å². The van der Waals surface area contributed by atoms with Gasteiger partial charge in [-0.2, -0.15) is 0 Å². The van der Waals surface area contributed by atoms with Crippen molar-refractivity contribution in [1.29, 1.82) is 0 Å². The molecule has 0 radical (unpaired) electrons. The van der Waals surface area contributed by atoms with Gasteiger partial charge in [-0.15, -0.1) is 0 Å². The molecular weight excluding hydrogens is 900 g/mol. The van der Waals surface area contributed by atoms with Crippen molar-refractivity contribution in [3.63, 3.8) is 0 Å². The molecule has 0 spiro atoms. The smallest absolute Gasteiger partial charge is 0.335 e. The molecule has 68 heavy (non-hydrogen) atoms. The molecule has 0 aromatic carbocycles. The highest BCUT2D eigenvalue weighted by atomic mass is 16.8. The quantitative estimate of drug-likeness (QED) is 0.0919. The van der Waals surface area contributed by atoms with Crippen LogP contribution in [0.4, 0.5) is 0 Å². The summed E-state index contributed by atoms with van der Waals surface area (Å²) in [7, 11) is 0. The second-order valence-corrected chi connectivity index (χ2v) is 22.2. The van der Waals surface area contributed by atoms with Gasteiger partial charge >= 0.3 is 11.9 Å². The summed E-state index contributed by atoms with van der Waals surface area (Å²) >= 11 is 0. The van der Waals surface area contributed by atoms with E-state index in [1.54, 1.807) is 11.1 Å². The lowest BCUT2D eigenvalue weighted by Crippen LogP contribution is -2.69. The summed E-state index contributed by atoms with van der Waals surface area (Å²) in [5, 5.41) is 118. The van der Waals surface area contributed by atoms with Crippen molar-refractivity contribution in [2.75, 3.05) is 6.61 Å². The van der Waals surface area contributed by atoms with Crippen LogP contribution in [0.3, 0.4) is 0 Å². The van der Waals surface area contributed by atoms with Crippen molar-refractivity contribution in [2.24, 2.45) is 39.9 Å². The Morgan fingerprint density at radius 1 is 0.603 bits per heavy atom. The van der Waals surface area contributed by atoms with Crippen LogP contribution in [0.25, 0.3) is 0 Å². The van der Waals surface area contributed by atoms with E-state index < -0.39 is 147 Å². The van der Waals surface area contributed by atoms with Crippen LogP contribution >= 0.6 is 0 Å². The fraction of sp³-hybridized carbons (Fsp3) is 0.915. The van der Waals surface area contributed by atoms with Gasteiger partial charge < -0.3 is 94.1 Å². The maximum atomic E-state index is 12.9. The highest BCUT2D eigenvalue weighted by Crippen LogP contribution is 2.68. The van der Waals surface area contributed by atoms with Crippen LogP contribution in [0, 0.1) is 39.9 Å². The predicted octanol–water partition coefficient (Wildman–Crippen LogP) is -0.489. The number of ether oxygens (including phenoxy) is 8. The molecule has 7 fully saturated rings. The Bertz CT molecular complexity index is 1860. The van der Waals surface area contributed by atoms with Gasteiger partial charge in [0.2, 0.25) is 0 Å². The first-order chi connectivity index (χ1) is 31.8. The van der Waals surface area contributed by atoms with Gasteiger partial charge in [-0.3, -0.25) is 0 Å². The molecule has 3 saturated carbocycles. The van der Waals surface area contributed by atoms with Crippen molar-refractivity contribution in [1.82, 2.24) is 0 Å². The summed E-state index contributed by atoms with van der Waals surface area (Å²) < 4.78 is 48.2. The normalized spacial score (nSPS) is 51.7. The summed E-state index contributed by atoms with van der Waals surface area (Å²) in [6.45, 7) is 14.5. The Morgan fingerprint density at radius 3 is 1.85 bits per heavy atom. The van der Waals surface area contributed by atoms with E-state index in [1.165, 1.54) is 13.3 Å². The second kappa shape index (κ2) is 19.4. The van der Waals surface area contributed by atoms with Gasteiger partial charge in [-0.25, -0.2) is 9.59 Å². The first-order valence-corrected chi connectivity index (χ1v) is 24.3. The average Bonchev–Trinajstić information content (AvgIpc) is 3.64. The lowest BCUT2D eigenvalue weighted by atomic mass is 9.44. The molecule has 21 nitrogen and oxygen atoms in total. The molecule has 388 valence electrons. The zero-order chi connectivity index (χ0) is 49.7. The van der Waals surface area contributed by atoms with Crippen molar-refractivity contribution < 1.29 is 104 Å². The number of aliphatic hydroxyl groups excluding tert-OH is 9. The van der Waals surface area contributed by atoms with Crippen molar-refractivity contribution in [2.45, 2.75) is 223 Å². The lowest BCUT2D eigenvalue weighted by Gasteiger charge is -2.62. The van der Waals surface area contributed by atoms with Gasteiger partial charge in [0.25, 0.3) is 0 Å². The topological polar surface area (TPSA) is 331 Å². The average molecular weight is 975 g/mol. The molecule has 0 aromatic heterocycles. The lowest BCUT2D eigenvalue weighted by molar-refractivity contribution is -0.403. The molecule has 0 amide bonds. The second-order valence-electron chi connectivity index (χ2n) is 22.2. The predicted molar refractivity (Wildman–Crippen MR) is 229 cm³/mol. The zero-order valence-corrected chi connectivity index (χ0v) is 39.7. The Morgan fingerprint density at radius 2 is 1.21 bits per heavy atom. The minimum atomic E-state index is -2.20. The van der Waals surface area contributed by atoms with E-state index in [1.807, 2.05) is 0 Å². The first kappa shape index (κ1) is 52.3. The summed E-state index contributed by atoms with van der Waals surface area (Å²) in [5.41, 5.74) is 2.69. The Kier molecular flexibility index (Phi) is 15.0. The number of hydrogen-bond donors (Lipinski definition) is 11. The number of carboxylic acid groups (broad SMARTS) is 2. The van der Waals surface area contributed by atoms with Gasteiger partial charge in [-0.05, 0) is 98.2 Å². The largest absolute Gasteiger partial charge is 0.479 e. The molecule has 4 aliphatic carbocycles. The highest BCUT2D eigenvalue weighted by molar-refractivity contribution is 5.74. The summed E-state index contributed by atoms with van der Waals surface area (Å²) in [6, 6.07) is 0. The number of aliphatic carboxylic acids is 2. The summed E-state index contributed by atoms with van der Waals surface area (Å²) in [6.07, 6.45) is -29.3. The number of fused-ring (bicyclic) bond motifs is 4. The Labute approximate surface area is 395 Å². The number of carboxylic acids is 2. The highest BCUT2D eigenvalue weighted by Gasteiger charge is 2.63. The van der Waals surface area contributed by atoms with Crippen molar-refractivity contribution in [3.8, 4) is 0 Å². The molecular formula is C47H74O21. The standard InChI is InChI=1S/C47H74O21/c1-17(2)20-9-10-21-19-8-11-24-45(4,5)25(13-15-47(24,7)22(19)12-14-46(20,21)6)63-44-38(34(33(56)36(66-44)40(59)60)64-41-31(54)27(50)23(48)16-61-41)68-43-37(30(53)29(52)35(65-43)39(57)58)67-42-32(55)28(51)26(49)18(3)62-42/h17-18,20,22-38,41-44,48-56H,8-16H2,1-7H3,(H,57,58)(H,59,60)/t18-,20+,22-,23-,24-,25-,26+,27-,28+,29+,30-,31+,32-,33+,34-,35-,36-,37+,38+,41-,42-,43-,44+,46+,47+/m0/s1. The van der Waals surface area contributed by atoms with Crippen LogP contribution in [0.15, 0.2) is 11.1 Å². The maximum Gasteiger partial charge on any atom is 0.335 e. The molecule has 0 aromatic rings. The van der Waals surface area contributed by atoms with Gasteiger partial charge in [0.1, 0.15) is 73.2 Å². The van der Waals surface area contributed by atoms with Crippen LogP contribution in [-0.4, -0.2) is 198 Å². The molecule has 8 aliphatic rings. The van der Waals surface area contributed by atoms with Crippen LogP contribution in [-0.2, 0) is 47.5 Å². The van der Waals surface area contributed by atoms with Crippen molar-refractivity contribution in [3.05, 3.63) is 11.1 Å². The molecule has 25 atom stereocenters. The fourth-order valence-corrected chi connectivity index (χ4v) is 14.1. The van der Waals surface area contributed by atoms with E-state index in [2.05, 4.69) is 41.5 Å². The molecule has 0 unspecified atom stereocenters. The minimum absolute atomic E-state index is 0.106. The number of aliphatic hydroxyl groups is 9. The van der Waals surface area contributed by atoms with Gasteiger partial charge in [0.15, 0.2) is 37.4 Å². The molecule has 11 N–H and O–H groups in total. The molecule has 4 saturated heterocycles. The maximum absolute atomic E-state index is 12.9. The van der Waals surface area contributed by atoms with Crippen molar-refractivity contribution >= 4 is 11.9 Å². The van der Waals surface area contributed by atoms with E-state index in [0.29, 0.717) is 24.2 Å². The van der Waals surface area contributed by atoms with E-state index in [-0.39, 0.29) is 16.7 Å². The van der Waals surface area contributed by atoms with Crippen LogP contribution in [0.2, 0.25) is 0 Å². The van der Waals surface area contributed by atoms with Crippen LogP contribution < -0.4 is 0 Å². The monoisotopic (exact) mass is 974 g/mol. The van der Waals surface area contributed by atoms with Gasteiger partial charge in [0.05, 0.1) is 18.8 Å². The molecule has 8 rings (SSSR count).